The zero-order chi connectivity index (χ0) is 32.7. The van der Waals surface area contributed by atoms with Gasteiger partial charge in [-0.3, -0.25) is 9.80 Å². The van der Waals surface area contributed by atoms with Gasteiger partial charge < -0.3 is 19.7 Å². The van der Waals surface area contributed by atoms with Gasteiger partial charge >= 0.3 is 24.1 Å². The van der Waals surface area contributed by atoms with Gasteiger partial charge in [0, 0.05) is 24.9 Å². The minimum Gasteiger partial charge on any atom is -0.480 e. The molecule has 2 saturated heterocycles. The van der Waals surface area contributed by atoms with Crippen LogP contribution in [0.15, 0.2) is 60.7 Å². The first-order valence-corrected chi connectivity index (χ1v) is 15.1. The fourth-order valence-electron chi connectivity index (χ4n) is 5.75. The molecule has 2 amide bonds. The molecular formula is C34H46N2O8. The van der Waals surface area contributed by atoms with Crippen molar-refractivity contribution in [2.45, 2.75) is 102 Å². The second-order valence-electron chi connectivity index (χ2n) is 13.2. The molecule has 240 valence electrons. The zero-order valence-electron chi connectivity index (χ0n) is 26.6. The van der Waals surface area contributed by atoms with E-state index in [1.807, 2.05) is 60.7 Å². The van der Waals surface area contributed by atoms with E-state index in [4.69, 9.17) is 9.47 Å². The van der Waals surface area contributed by atoms with E-state index in [-0.39, 0.29) is 11.8 Å². The smallest absolute Gasteiger partial charge is 0.411 e. The normalized spacial score (nSPS) is 22.2. The number of rotatable bonds is 4. The molecule has 2 aromatic rings. The van der Waals surface area contributed by atoms with Crippen molar-refractivity contribution in [1.82, 2.24) is 9.80 Å². The predicted molar refractivity (Wildman–Crippen MR) is 166 cm³/mol. The molecule has 2 heterocycles. The van der Waals surface area contributed by atoms with Crippen molar-refractivity contribution in [2.75, 3.05) is 13.1 Å². The van der Waals surface area contributed by atoms with Crippen molar-refractivity contribution in [3.63, 3.8) is 0 Å². The second-order valence-corrected chi connectivity index (χ2v) is 13.2. The molecule has 0 spiro atoms. The van der Waals surface area contributed by atoms with Crippen LogP contribution in [-0.4, -0.2) is 80.5 Å². The van der Waals surface area contributed by atoms with Crippen LogP contribution in [0.1, 0.15) is 90.2 Å². The average Bonchev–Trinajstić information content (AvgIpc) is 2.95. The summed E-state index contributed by atoms with van der Waals surface area (Å²) in [7, 11) is 0. The van der Waals surface area contributed by atoms with Gasteiger partial charge in [0.25, 0.3) is 0 Å². The first-order valence-electron chi connectivity index (χ1n) is 15.1. The summed E-state index contributed by atoms with van der Waals surface area (Å²) in [4.78, 5) is 50.9. The first-order chi connectivity index (χ1) is 20.6. The lowest BCUT2D eigenvalue weighted by molar-refractivity contribution is -0.146. The molecule has 2 fully saturated rings. The summed E-state index contributed by atoms with van der Waals surface area (Å²) in [5.41, 5.74) is 0.617. The van der Waals surface area contributed by atoms with Crippen LogP contribution < -0.4 is 0 Å². The van der Waals surface area contributed by atoms with Gasteiger partial charge in [0.2, 0.25) is 0 Å². The van der Waals surface area contributed by atoms with Crippen LogP contribution in [0.3, 0.4) is 0 Å². The van der Waals surface area contributed by atoms with E-state index in [9.17, 15) is 29.4 Å². The molecule has 10 nitrogen and oxygen atoms in total. The monoisotopic (exact) mass is 610 g/mol. The van der Waals surface area contributed by atoms with Gasteiger partial charge in [-0.05, 0) is 78.4 Å². The van der Waals surface area contributed by atoms with Gasteiger partial charge in [-0.15, -0.1) is 0 Å². The fraction of sp³-hybridized carbons (Fsp3) is 0.529. The third-order valence-electron chi connectivity index (χ3n) is 7.48. The molecule has 0 radical (unpaired) electrons. The number of carboxylic acid groups (broad SMARTS) is 2. The summed E-state index contributed by atoms with van der Waals surface area (Å²) < 4.78 is 10.7. The van der Waals surface area contributed by atoms with Gasteiger partial charge in [0.05, 0.1) is 0 Å². The molecule has 0 unspecified atom stereocenters. The minimum absolute atomic E-state index is 0.208. The maximum atomic E-state index is 12.3. The average molecular weight is 611 g/mol. The number of ether oxygens (including phenoxy) is 2. The zero-order valence-corrected chi connectivity index (χ0v) is 26.6. The molecule has 2 N–H and O–H groups in total. The van der Waals surface area contributed by atoms with Crippen LogP contribution in [0.4, 0.5) is 9.59 Å². The molecule has 44 heavy (non-hydrogen) atoms. The van der Waals surface area contributed by atoms with Gasteiger partial charge in [-0.2, -0.15) is 0 Å². The standard InChI is InChI=1S/2C17H23NO4/c2*1-17(2,3)22-16(21)18-11-7-10-13(14(18)15(19)20)12-8-5-4-6-9-12/h2*4-6,8-9,13-14H,7,10-11H2,1-3H3,(H,19,20)/t2*13-,14-/m10/s1. The molecule has 10 heteroatoms. The highest BCUT2D eigenvalue weighted by Gasteiger charge is 2.43. The summed E-state index contributed by atoms with van der Waals surface area (Å²) in [5.74, 6) is -2.39. The topological polar surface area (TPSA) is 134 Å². The molecule has 0 bridgehead atoms. The number of nitrogens with zero attached hydrogens (tertiary/aromatic N) is 2. The second kappa shape index (κ2) is 14.6. The number of hydrogen-bond donors (Lipinski definition) is 2. The summed E-state index contributed by atoms with van der Waals surface area (Å²) in [6.45, 7) is 11.5. The number of carboxylic acids is 2. The van der Waals surface area contributed by atoms with Gasteiger partial charge in [-0.25, -0.2) is 19.2 Å². The summed E-state index contributed by atoms with van der Waals surface area (Å²) in [6, 6.07) is 17.2. The number of aliphatic carboxylic acids is 2. The van der Waals surface area contributed by atoms with E-state index in [0.29, 0.717) is 13.1 Å². The van der Waals surface area contributed by atoms with E-state index in [2.05, 4.69) is 0 Å². The van der Waals surface area contributed by atoms with Gasteiger partial charge in [0.15, 0.2) is 0 Å². The number of carbonyl (C=O) groups excluding carboxylic acids is 2. The van der Waals surface area contributed by atoms with E-state index in [1.165, 1.54) is 9.80 Å². The van der Waals surface area contributed by atoms with E-state index in [1.54, 1.807) is 41.5 Å². The third kappa shape index (κ3) is 9.46. The van der Waals surface area contributed by atoms with E-state index in [0.717, 1.165) is 36.8 Å². The summed E-state index contributed by atoms with van der Waals surface area (Å²) in [5, 5.41) is 19.3. The van der Waals surface area contributed by atoms with Crippen molar-refractivity contribution in [1.29, 1.82) is 0 Å². The minimum atomic E-state index is -0.987. The highest BCUT2D eigenvalue weighted by molar-refractivity contribution is 5.82. The molecule has 2 aromatic carbocycles. The largest absolute Gasteiger partial charge is 0.480 e. The van der Waals surface area contributed by atoms with Crippen molar-refractivity contribution in [2.24, 2.45) is 0 Å². The predicted octanol–water partition coefficient (Wildman–Crippen LogP) is 6.51. The van der Waals surface area contributed by atoms with Crippen molar-refractivity contribution in [3.05, 3.63) is 71.8 Å². The van der Waals surface area contributed by atoms with Gasteiger partial charge in [0.1, 0.15) is 23.3 Å². The SMILES string of the molecule is CC(C)(C)OC(=O)N1CCC[C@@H](c2ccccc2)[C@H]1C(=O)O.CC(C)(C)OC(=O)N1CCC[C@H](c2ccccc2)[C@@H]1C(=O)O. The van der Waals surface area contributed by atoms with Crippen LogP contribution in [0.25, 0.3) is 0 Å². The Kier molecular flexibility index (Phi) is 11.4. The Labute approximate surface area is 259 Å². The number of carbonyl (C=O) groups is 4. The number of amides is 2. The van der Waals surface area contributed by atoms with Crippen LogP contribution >= 0.6 is 0 Å². The van der Waals surface area contributed by atoms with Crippen LogP contribution in [0.5, 0.6) is 0 Å². The molecule has 2 aliphatic heterocycles. The fourth-order valence-corrected chi connectivity index (χ4v) is 5.75. The summed E-state index contributed by atoms with van der Waals surface area (Å²) >= 11 is 0. The Balaban J connectivity index is 0.000000240. The Morgan fingerprint density at radius 2 is 0.932 bits per heavy atom. The first kappa shape index (κ1) is 34.4. The molecular weight excluding hydrogens is 564 g/mol. The Morgan fingerprint density at radius 3 is 1.20 bits per heavy atom. The highest BCUT2D eigenvalue weighted by Crippen LogP contribution is 2.35. The third-order valence-corrected chi connectivity index (χ3v) is 7.48. The maximum absolute atomic E-state index is 12.3. The number of benzene rings is 2. The van der Waals surface area contributed by atoms with Crippen molar-refractivity contribution < 1.29 is 38.9 Å². The van der Waals surface area contributed by atoms with Crippen molar-refractivity contribution in [3.8, 4) is 0 Å². The highest BCUT2D eigenvalue weighted by atomic mass is 16.6. The Bertz CT molecular complexity index is 1170. The van der Waals surface area contributed by atoms with E-state index < -0.39 is 47.4 Å². The summed E-state index contributed by atoms with van der Waals surface area (Å²) in [6.07, 6.45) is 1.92. The molecule has 2 aliphatic rings. The molecule has 0 saturated carbocycles. The number of likely N-dealkylation sites (tertiary alicyclic amines) is 2. The molecule has 4 atom stereocenters. The Morgan fingerprint density at radius 1 is 0.614 bits per heavy atom. The van der Waals surface area contributed by atoms with Gasteiger partial charge in [-0.1, -0.05) is 60.7 Å². The van der Waals surface area contributed by atoms with Crippen molar-refractivity contribution >= 4 is 24.1 Å². The number of hydrogen-bond acceptors (Lipinski definition) is 6. The maximum Gasteiger partial charge on any atom is 0.411 e. The Hall–Kier alpha value is -4.08. The molecule has 0 aliphatic carbocycles. The lowest BCUT2D eigenvalue weighted by atomic mass is 9.83. The van der Waals surface area contributed by atoms with Crippen LogP contribution in [0.2, 0.25) is 0 Å². The lowest BCUT2D eigenvalue weighted by Gasteiger charge is -2.39. The molecule has 4 rings (SSSR count). The quantitative estimate of drug-likeness (QED) is 0.400. The van der Waals surface area contributed by atoms with E-state index >= 15 is 0 Å². The van der Waals surface area contributed by atoms with Crippen LogP contribution in [0, 0.1) is 0 Å². The lowest BCUT2D eigenvalue weighted by Crippen LogP contribution is -2.53. The molecule has 0 aromatic heterocycles. The number of piperidine rings is 2. The van der Waals surface area contributed by atoms with Crippen LogP contribution in [-0.2, 0) is 19.1 Å².